The molecule has 0 unspecified atom stereocenters. The minimum atomic E-state index is -3.82. The van der Waals surface area contributed by atoms with Gasteiger partial charge in [0.15, 0.2) is 0 Å². The Morgan fingerprint density at radius 2 is 1.13 bits per heavy atom. The van der Waals surface area contributed by atoms with E-state index in [1.807, 2.05) is 69.3 Å². The molecular weight excluding hydrogens is 406 g/mol. The largest absolute Gasteiger partial charge is 0.378 e. The molecule has 5 heteroatoms. The van der Waals surface area contributed by atoms with Gasteiger partial charge in [0.05, 0.1) is 10.4 Å². The number of aliphatic hydroxyl groups is 1. The van der Waals surface area contributed by atoms with Crippen LogP contribution >= 0.6 is 0 Å². The summed E-state index contributed by atoms with van der Waals surface area (Å²) in [4.78, 5) is 0.208. The first kappa shape index (κ1) is 21.8. The van der Waals surface area contributed by atoms with Crippen molar-refractivity contribution in [1.82, 2.24) is 4.72 Å². The van der Waals surface area contributed by atoms with Crippen LogP contribution in [-0.2, 0) is 15.6 Å². The molecule has 1 fully saturated rings. The second-order valence-electron chi connectivity index (χ2n) is 8.80. The number of hydrogen-bond acceptors (Lipinski definition) is 3. The van der Waals surface area contributed by atoms with Crippen LogP contribution < -0.4 is 4.72 Å². The molecule has 162 valence electrons. The fourth-order valence-corrected chi connectivity index (χ4v) is 5.89. The molecule has 0 spiro atoms. The van der Waals surface area contributed by atoms with Crippen molar-refractivity contribution in [3.63, 3.8) is 0 Å². The molecule has 0 atom stereocenters. The predicted octanol–water partition coefficient (Wildman–Crippen LogP) is 4.75. The second kappa shape index (κ2) is 7.90. The van der Waals surface area contributed by atoms with E-state index in [4.69, 9.17) is 0 Å². The maximum absolute atomic E-state index is 13.3. The Kier molecular flexibility index (Phi) is 5.54. The third kappa shape index (κ3) is 3.82. The van der Waals surface area contributed by atoms with E-state index in [1.165, 1.54) is 0 Å². The zero-order chi connectivity index (χ0) is 22.3. The van der Waals surface area contributed by atoms with Gasteiger partial charge in [0, 0.05) is 0 Å². The van der Waals surface area contributed by atoms with Gasteiger partial charge in [0.2, 0.25) is 10.0 Å². The van der Waals surface area contributed by atoms with Gasteiger partial charge >= 0.3 is 0 Å². The summed E-state index contributed by atoms with van der Waals surface area (Å²) in [5.74, 6) is 0. The highest BCUT2D eigenvalue weighted by Crippen LogP contribution is 2.51. The molecule has 0 aliphatic heterocycles. The second-order valence-corrected chi connectivity index (χ2v) is 10.5. The number of benzene rings is 3. The fraction of sp³-hybridized carbons (Fsp3) is 0.308. The van der Waals surface area contributed by atoms with E-state index in [1.54, 1.807) is 24.3 Å². The van der Waals surface area contributed by atoms with Gasteiger partial charge in [0.1, 0.15) is 5.60 Å². The van der Waals surface area contributed by atoms with Crippen LogP contribution in [0.4, 0.5) is 0 Å². The van der Waals surface area contributed by atoms with E-state index in [-0.39, 0.29) is 4.90 Å². The van der Waals surface area contributed by atoms with Crippen LogP contribution in [0.25, 0.3) is 0 Å². The molecular formula is C26H29NO3S. The van der Waals surface area contributed by atoms with Crippen LogP contribution in [0.5, 0.6) is 0 Å². The normalized spacial score (nSPS) is 16.0. The van der Waals surface area contributed by atoms with E-state index in [0.29, 0.717) is 24.0 Å². The molecule has 0 heterocycles. The summed E-state index contributed by atoms with van der Waals surface area (Å²) in [6.45, 7) is 5.91. The highest BCUT2D eigenvalue weighted by atomic mass is 32.2. The van der Waals surface area contributed by atoms with E-state index in [9.17, 15) is 13.5 Å². The van der Waals surface area contributed by atoms with Crippen LogP contribution in [0.15, 0.2) is 77.7 Å². The summed E-state index contributed by atoms with van der Waals surface area (Å²) in [7, 11) is -3.82. The summed E-state index contributed by atoms with van der Waals surface area (Å²) in [6.07, 6.45) is 1.95. The molecule has 1 aliphatic rings. The zero-order valence-electron chi connectivity index (χ0n) is 18.2. The Labute approximate surface area is 185 Å². The minimum Gasteiger partial charge on any atom is -0.378 e. The summed E-state index contributed by atoms with van der Waals surface area (Å²) in [5, 5.41) is 12.3. The predicted molar refractivity (Wildman–Crippen MR) is 123 cm³/mol. The van der Waals surface area contributed by atoms with Crippen molar-refractivity contribution < 1.29 is 13.5 Å². The van der Waals surface area contributed by atoms with Crippen molar-refractivity contribution in [2.75, 3.05) is 0 Å². The van der Waals surface area contributed by atoms with Crippen LogP contribution in [-0.4, -0.2) is 19.1 Å². The van der Waals surface area contributed by atoms with Crippen molar-refractivity contribution in [3.05, 3.63) is 101 Å². The van der Waals surface area contributed by atoms with Gasteiger partial charge in [-0.1, -0.05) is 77.4 Å². The van der Waals surface area contributed by atoms with Crippen molar-refractivity contribution >= 4 is 10.0 Å². The third-order valence-electron chi connectivity index (χ3n) is 6.50. The molecule has 4 nitrogen and oxygen atoms in total. The monoisotopic (exact) mass is 435 g/mol. The lowest BCUT2D eigenvalue weighted by molar-refractivity contribution is -0.0526. The minimum absolute atomic E-state index is 0.208. The molecule has 0 bridgehead atoms. The van der Waals surface area contributed by atoms with Crippen molar-refractivity contribution in [2.45, 2.75) is 56.1 Å². The summed E-state index contributed by atoms with van der Waals surface area (Å²) >= 11 is 0. The Morgan fingerprint density at radius 1 is 0.742 bits per heavy atom. The average molecular weight is 436 g/mol. The maximum atomic E-state index is 13.3. The fourth-order valence-electron chi connectivity index (χ4n) is 4.41. The maximum Gasteiger partial charge on any atom is 0.241 e. The van der Waals surface area contributed by atoms with E-state index >= 15 is 0 Å². The molecule has 0 saturated heterocycles. The molecule has 0 radical (unpaired) electrons. The first-order valence-electron chi connectivity index (χ1n) is 10.6. The number of hydrogen-bond donors (Lipinski definition) is 2. The van der Waals surface area contributed by atoms with E-state index < -0.39 is 21.2 Å². The zero-order valence-corrected chi connectivity index (χ0v) is 19.0. The molecule has 1 saturated carbocycles. The molecule has 3 aromatic rings. The number of rotatable bonds is 6. The standard InChI is InChI=1S/C26H29NO3S/c1-19-5-11-22(12-6-19)26(28,23-13-7-20(2)8-14-23)25(17-4-18-25)27-31(29,30)24-15-9-21(3)10-16-24/h5-16,27-28H,4,17-18H2,1-3H3. The highest BCUT2D eigenvalue weighted by molar-refractivity contribution is 7.89. The summed E-state index contributed by atoms with van der Waals surface area (Å²) in [6, 6.07) is 22.2. The molecule has 31 heavy (non-hydrogen) atoms. The number of aryl methyl sites for hydroxylation is 3. The molecule has 0 amide bonds. The average Bonchev–Trinajstić information content (AvgIpc) is 2.71. The number of nitrogens with one attached hydrogen (secondary N) is 1. The Bertz CT molecular complexity index is 1120. The van der Waals surface area contributed by atoms with Gasteiger partial charge in [0.25, 0.3) is 0 Å². The highest BCUT2D eigenvalue weighted by Gasteiger charge is 2.58. The van der Waals surface area contributed by atoms with Crippen molar-refractivity contribution in [2.24, 2.45) is 0 Å². The van der Waals surface area contributed by atoms with Gasteiger partial charge < -0.3 is 5.11 Å². The van der Waals surface area contributed by atoms with Gasteiger partial charge in [-0.15, -0.1) is 0 Å². The first-order chi connectivity index (χ1) is 14.7. The third-order valence-corrected chi connectivity index (χ3v) is 8.05. The SMILES string of the molecule is Cc1ccc(C(O)(c2ccc(C)cc2)C2(NS(=O)(=O)c3ccc(C)cc3)CCC2)cc1. The quantitative estimate of drug-likeness (QED) is 0.587. The Hall–Kier alpha value is -2.47. The van der Waals surface area contributed by atoms with Crippen LogP contribution in [0.2, 0.25) is 0 Å². The smallest absolute Gasteiger partial charge is 0.241 e. The van der Waals surface area contributed by atoms with Crippen molar-refractivity contribution in [1.29, 1.82) is 0 Å². The molecule has 4 rings (SSSR count). The summed E-state index contributed by atoms with van der Waals surface area (Å²) < 4.78 is 29.6. The lowest BCUT2D eigenvalue weighted by Crippen LogP contribution is -2.66. The van der Waals surface area contributed by atoms with Crippen molar-refractivity contribution in [3.8, 4) is 0 Å². The molecule has 2 N–H and O–H groups in total. The van der Waals surface area contributed by atoms with Gasteiger partial charge in [-0.3, -0.25) is 0 Å². The van der Waals surface area contributed by atoms with Crippen LogP contribution in [0.3, 0.4) is 0 Å². The number of sulfonamides is 1. The Morgan fingerprint density at radius 3 is 1.48 bits per heavy atom. The van der Waals surface area contributed by atoms with Gasteiger partial charge in [-0.05, 0) is 63.3 Å². The summed E-state index contributed by atoms with van der Waals surface area (Å²) in [5.41, 5.74) is 2.01. The molecule has 1 aliphatic carbocycles. The Balaban J connectivity index is 1.85. The van der Waals surface area contributed by atoms with Crippen LogP contribution in [0.1, 0.15) is 47.1 Å². The van der Waals surface area contributed by atoms with E-state index in [2.05, 4.69) is 4.72 Å². The van der Waals surface area contributed by atoms with Gasteiger partial charge in [-0.2, -0.15) is 0 Å². The topological polar surface area (TPSA) is 66.4 Å². The van der Waals surface area contributed by atoms with E-state index in [0.717, 1.165) is 23.1 Å². The first-order valence-corrected chi connectivity index (χ1v) is 12.1. The van der Waals surface area contributed by atoms with Crippen LogP contribution in [0, 0.1) is 20.8 Å². The molecule has 0 aromatic heterocycles. The lowest BCUT2D eigenvalue weighted by Gasteiger charge is -2.53. The van der Waals surface area contributed by atoms with Gasteiger partial charge in [-0.25, -0.2) is 13.1 Å². The molecule has 3 aromatic carbocycles. The lowest BCUT2D eigenvalue weighted by atomic mass is 9.61.